The molecule has 0 radical (unpaired) electrons. The van der Waals surface area contributed by atoms with Gasteiger partial charge in [-0.3, -0.25) is 0 Å². The Hall–Kier alpha value is -3.31. The number of phenolic OH excluding ortho intramolecular Hbond substituents is 4. The predicted octanol–water partition coefficient (Wildman–Crippen LogP) is 1.02. The second kappa shape index (κ2) is 7.50. The number of hydrogen-bond donors (Lipinski definition) is 7. The van der Waals surface area contributed by atoms with E-state index in [1.54, 1.807) is 0 Å². The summed E-state index contributed by atoms with van der Waals surface area (Å²) in [6.45, 7) is -0.543. The number of aliphatic hydroxyl groups excluding tert-OH is 3. The third-order valence-corrected chi connectivity index (χ3v) is 4.80. The van der Waals surface area contributed by atoms with Crippen LogP contribution >= 0.6 is 0 Å². The molecule has 0 saturated carbocycles. The molecule has 0 bridgehead atoms. The van der Waals surface area contributed by atoms with Gasteiger partial charge in [0.25, 0.3) is 0 Å². The Balaban J connectivity index is 1.85. The fourth-order valence-corrected chi connectivity index (χ4v) is 3.23. The van der Waals surface area contributed by atoms with Crippen LogP contribution in [-0.4, -0.2) is 67.0 Å². The van der Waals surface area contributed by atoms with Crippen LogP contribution in [0.5, 0.6) is 28.7 Å². The maximum absolute atomic E-state index is 10.2. The molecule has 2 aromatic carbocycles. The topological polar surface area (TPSA) is 171 Å². The fourth-order valence-electron chi connectivity index (χ4n) is 3.23. The Morgan fingerprint density at radius 3 is 2.33 bits per heavy atom. The van der Waals surface area contributed by atoms with Crippen molar-refractivity contribution in [1.82, 2.24) is 0 Å². The van der Waals surface area contributed by atoms with Crippen LogP contribution < -0.4 is 4.74 Å². The van der Waals surface area contributed by atoms with Crippen molar-refractivity contribution in [2.24, 2.45) is 0 Å². The lowest BCUT2D eigenvalue weighted by atomic mass is 10.1. The van der Waals surface area contributed by atoms with Gasteiger partial charge in [0.2, 0.25) is 12.0 Å². The highest BCUT2D eigenvalue weighted by Gasteiger charge is 2.45. The number of hydrogen-bond acceptors (Lipinski definition) is 9. The highest BCUT2D eigenvalue weighted by molar-refractivity contribution is 5.88. The minimum absolute atomic E-state index is 0.0144. The molecule has 1 aliphatic rings. The third kappa shape index (κ3) is 3.42. The van der Waals surface area contributed by atoms with Gasteiger partial charge in [-0.25, -0.2) is 4.42 Å². The number of phenols is 4. The molecule has 1 saturated heterocycles. The molecule has 0 amide bonds. The van der Waals surface area contributed by atoms with Crippen LogP contribution in [0.2, 0.25) is 0 Å². The van der Waals surface area contributed by atoms with Crippen LogP contribution in [0.3, 0.4) is 0 Å². The van der Waals surface area contributed by atoms with Crippen molar-refractivity contribution in [2.45, 2.75) is 24.6 Å². The molecule has 10 nitrogen and oxygen atoms in total. The summed E-state index contributed by atoms with van der Waals surface area (Å²) >= 11 is 0. The normalized spacial score (nSPS) is 23.7. The van der Waals surface area contributed by atoms with Gasteiger partial charge < -0.3 is 45.2 Å². The Morgan fingerprint density at radius 2 is 1.67 bits per heavy atom. The van der Waals surface area contributed by atoms with Gasteiger partial charge in [0.05, 0.1) is 18.2 Å². The zero-order chi connectivity index (χ0) is 21.6. The van der Waals surface area contributed by atoms with Gasteiger partial charge in [0.15, 0.2) is 11.5 Å². The lowest BCUT2D eigenvalue weighted by Gasteiger charge is -2.16. The first-order chi connectivity index (χ1) is 14.3. The first kappa shape index (κ1) is 20.0. The van der Waals surface area contributed by atoms with Crippen molar-refractivity contribution in [3.05, 3.63) is 36.4 Å². The molecule has 0 spiro atoms. The molecule has 4 rings (SSSR count). The largest absolute Gasteiger partial charge is 0.507 e. The first-order valence-corrected chi connectivity index (χ1v) is 8.92. The van der Waals surface area contributed by atoms with Crippen molar-refractivity contribution in [3.8, 4) is 40.1 Å². The molecule has 2 heterocycles. The average Bonchev–Trinajstić information content (AvgIpc) is 2.98. The van der Waals surface area contributed by atoms with Gasteiger partial charge >= 0.3 is 11.3 Å². The van der Waals surface area contributed by atoms with Gasteiger partial charge in [-0.15, -0.1) is 0 Å². The van der Waals surface area contributed by atoms with E-state index in [1.807, 2.05) is 0 Å². The van der Waals surface area contributed by atoms with Gasteiger partial charge in [0, 0.05) is 18.2 Å². The summed E-state index contributed by atoms with van der Waals surface area (Å²) in [6, 6.07) is 7.57. The number of fused-ring (bicyclic) bond motifs is 1. The molecule has 1 fully saturated rings. The van der Waals surface area contributed by atoms with Crippen LogP contribution in [0.25, 0.3) is 22.3 Å². The highest BCUT2D eigenvalue weighted by Crippen LogP contribution is 2.42. The van der Waals surface area contributed by atoms with E-state index in [1.165, 1.54) is 30.3 Å². The summed E-state index contributed by atoms with van der Waals surface area (Å²) in [4.78, 5) is 0. The second-order valence-corrected chi connectivity index (χ2v) is 6.84. The summed E-state index contributed by atoms with van der Waals surface area (Å²) in [5, 5.41) is 68.8. The molecule has 30 heavy (non-hydrogen) atoms. The van der Waals surface area contributed by atoms with E-state index >= 15 is 0 Å². The number of benzene rings is 2. The molecule has 1 aromatic heterocycles. The van der Waals surface area contributed by atoms with Crippen LogP contribution in [0.15, 0.2) is 40.8 Å². The van der Waals surface area contributed by atoms with E-state index in [2.05, 4.69) is 0 Å². The van der Waals surface area contributed by atoms with E-state index in [0.29, 0.717) is 0 Å². The fraction of sp³-hybridized carbons (Fsp3) is 0.250. The number of aromatic hydroxyl groups is 4. The number of rotatable bonds is 4. The van der Waals surface area contributed by atoms with Crippen molar-refractivity contribution < 1.29 is 49.6 Å². The van der Waals surface area contributed by atoms with E-state index in [-0.39, 0.29) is 45.3 Å². The van der Waals surface area contributed by atoms with E-state index in [0.717, 1.165) is 6.07 Å². The molecule has 1 aliphatic heterocycles. The Labute approximate surface area is 169 Å². The Kier molecular flexibility index (Phi) is 5.00. The van der Waals surface area contributed by atoms with Gasteiger partial charge in [-0.2, -0.15) is 0 Å². The van der Waals surface area contributed by atoms with Crippen molar-refractivity contribution in [3.63, 3.8) is 0 Å². The second-order valence-electron chi connectivity index (χ2n) is 6.84. The number of aliphatic hydroxyl groups is 3. The molecule has 3 aromatic rings. The van der Waals surface area contributed by atoms with E-state index in [4.69, 9.17) is 13.9 Å². The molecule has 158 valence electrons. The molecule has 10 heteroatoms. The summed E-state index contributed by atoms with van der Waals surface area (Å²) in [6.07, 6.45) is -5.29. The van der Waals surface area contributed by atoms with Crippen LogP contribution in [0.4, 0.5) is 0 Å². The summed E-state index contributed by atoms with van der Waals surface area (Å²) < 4.78 is 16.8. The molecule has 0 unspecified atom stereocenters. The third-order valence-electron chi connectivity index (χ3n) is 4.80. The molecule has 4 atom stereocenters. The maximum Gasteiger partial charge on any atom is 0.402 e. The van der Waals surface area contributed by atoms with E-state index in [9.17, 15) is 35.7 Å². The Morgan fingerprint density at radius 1 is 0.900 bits per heavy atom. The quantitative estimate of drug-likeness (QED) is 0.239. The zero-order valence-corrected chi connectivity index (χ0v) is 15.3. The van der Waals surface area contributed by atoms with Crippen molar-refractivity contribution in [1.29, 1.82) is 0 Å². The monoisotopic (exact) mass is 419 g/mol. The zero-order valence-electron chi connectivity index (χ0n) is 15.3. The molecular weight excluding hydrogens is 400 g/mol. The van der Waals surface area contributed by atoms with Gasteiger partial charge in [0.1, 0.15) is 35.2 Å². The van der Waals surface area contributed by atoms with Crippen LogP contribution in [-0.2, 0) is 4.74 Å². The summed E-state index contributed by atoms with van der Waals surface area (Å²) in [5.74, 6) is -1.37. The van der Waals surface area contributed by atoms with Crippen LogP contribution in [0, 0.1) is 0 Å². The van der Waals surface area contributed by atoms with Crippen molar-refractivity contribution in [2.75, 3.05) is 6.61 Å². The standard InChI is InChI=1S/C20H18O10/c21-7-16-17(26)18(27)20(30-16)29-15-6-10-12(24)4-9(22)5-14(10)28-19(15)8-1-2-11(23)13(25)3-8/h1-6,16-18,20-21,26-27H,7H2,(H3-,22,23,24,25)/p+1/t16-,17-,18+,20-/m1/s1. The summed E-state index contributed by atoms with van der Waals surface area (Å²) in [5.41, 5.74) is 0.348. The highest BCUT2D eigenvalue weighted by atomic mass is 16.7. The molecule has 0 aliphatic carbocycles. The van der Waals surface area contributed by atoms with Gasteiger partial charge in [-0.05, 0) is 12.1 Å². The summed E-state index contributed by atoms with van der Waals surface area (Å²) in [7, 11) is 0. The maximum atomic E-state index is 10.2. The minimum atomic E-state index is -1.48. The van der Waals surface area contributed by atoms with Gasteiger partial charge in [-0.1, -0.05) is 0 Å². The van der Waals surface area contributed by atoms with Crippen LogP contribution in [0.1, 0.15) is 0 Å². The molecule has 7 N–H and O–H groups in total. The van der Waals surface area contributed by atoms with E-state index < -0.39 is 37.0 Å². The SMILES string of the molecule is OC[C@H]1O[C@@H](Oc2cc3c(O)cc(O)cc3[o+]c2-c2ccc(O)c(O)c2)[C@@H](O)[C@@H]1O. The molecular formula is C20H19O10+. The smallest absolute Gasteiger partial charge is 0.402 e. The lowest BCUT2D eigenvalue weighted by molar-refractivity contribution is -0.116. The lowest BCUT2D eigenvalue weighted by Crippen LogP contribution is -2.35. The van der Waals surface area contributed by atoms with Crippen molar-refractivity contribution >= 4 is 11.0 Å². The average molecular weight is 419 g/mol. The number of ether oxygens (including phenoxy) is 2. The predicted molar refractivity (Wildman–Crippen MR) is 101 cm³/mol. The minimum Gasteiger partial charge on any atom is -0.507 e. The first-order valence-electron chi connectivity index (χ1n) is 8.92. The Bertz CT molecular complexity index is 1100.